The molecule has 0 radical (unpaired) electrons. The molecular weight excluding hydrogens is 376 g/mol. The third-order valence-corrected chi connectivity index (χ3v) is 6.25. The second-order valence-corrected chi connectivity index (χ2v) is 9.30. The molecule has 1 saturated heterocycles. The van der Waals surface area contributed by atoms with Crippen molar-refractivity contribution >= 4 is 11.5 Å². The summed E-state index contributed by atoms with van der Waals surface area (Å²) in [6.07, 6.45) is 6.04. The first-order valence-electron chi connectivity index (χ1n) is 11.0. The van der Waals surface area contributed by atoms with Gasteiger partial charge < -0.3 is 19.2 Å². The number of pyridine rings is 1. The molecule has 0 bridgehead atoms. The van der Waals surface area contributed by atoms with Crippen LogP contribution in [0.25, 0.3) is 0 Å². The van der Waals surface area contributed by atoms with Gasteiger partial charge in [0.15, 0.2) is 0 Å². The van der Waals surface area contributed by atoms with Crippen LogP contribution in [0.5, 0.6) is 11.6 Å². The van der Waals surface area contributed by atoms with Crippen molar-refractivity contribution < 1.29 is 14.3 Å². The van der Waals surface area contributed by atoms with E-state index in [1.807, 2.05) is 30.5 Å². The van der Waals surface area contributed by atoms with Crippen molar-refractivity contribution in [1.82, 2.24) is 4.98 Å². The standard InChI is InChI=1S/C25H32N2O3/c1-18(14-19(2)28)20-4-6-22(7-5-20)30-23-9-13-27(16-23)21-8-12-26-24(15-21)29-17-25(3)10-11-25/h4-8,12,15,18,23H,9-11,13-14,16-17H2,1-3H3/t18-,23-/m1/s1. The highest BCUT2D eigenvalue weighted by Gasteiger charge is 2.38. The number of anilines is 1. The van der Waals surface area contributed by atoms with Gasteiger partial charge in [-0.1, -0.05) is 26.0 Å². The zero-order chi connectivity index (χ0) is 21.1. The molecular formula is C25H32N2O3. The summed E-state index contributed by atoms with van der Waals surface area (Å²) in [5.41, 5.74) is 2.67. The van der Waals surface area contributed by atoms with E-state index in [1.54, 1.807) is 6.92 Å². The summed E-state index contributed by atoms with van der Waals surface area (Å²) in [5.74, 6) is 2.06. The lowest BCUT2D eigenvalue weighted by molar-refractivity contribution is -0.117. The molecule has 4 rings (SSSR count). The summed E-state index contributed by atoms with van der Waals surface area (Å²) in [5, 5.41) is 0. The van der Waals surface area contributed by atoms with E-state index in [-0.39, 0.29) is 17.8 Å². The molecule has 2 aromatic rings. The Morgan fingerprint density at radius 2 is 2.03 bits per heavy atom. The predicted molar refractivity (Wildman–Crippen MR) is 118 cm³/mol. The highest BCUT2D eigenvalue weighted by molar-refractivity contribution is 5.76. The van der Waals surface area contributed by atoms with Crippen LogP contribution in [0.15, 0.2) is 42.6 Å². The van der Waals surface area contributed by atoms with E-state index in [0.29, 0.717) is 17.7 Å². The summed E-state index contributed by atoms with van der Waals surface area (Å²) in [6.45, 7) is 8.55. The maximum atomic E-state index is 11.3. The normalized spacial score (nSPS) is 20.6. The molecule has 2 aliphatic rings. The second-order valence-electron chi connectivity index (χ2n) is 9.30. The van der Waals surface area contributed by atoms with Crippen molar-refractivity contribution in [3.63, 3.8) is 0 Å². The van der Waals surface area contributed by atoms with Gasteiger partial charge in [0, 0.05) is 42.8 Å². The molecule has 2 heterocycles. The Balaban J connectivity index is 1.30. The van der Waals surface area contributed by atoms with Crippen molar-refractivity contribution in [3.8, 4) is 11.6 Å². The molecule has 0 unspecified atom stereocenters. The van der Waals surface area contributed by atoms with Crippen LogP contribution in [0.1, 0.15) is 57.9 Å². The number of carbonyl (C=O) groups excluding carboxylic acids is 1. The average Bonchev–Trinajstić information content (AvgIpc) is 3.28. The van der Waals surface area contributed by atoms with Crippen LogP contribution in [0.4, 0.5) is 5.69 Å². The Morgan fingerprint density at radius 3 is 2.73 bits per heavy atom. The van der Waals surface area contributed by atoms with E-state index < -0.39 is 0 Å². The molecule has 1 aliphatic heterocycles. The number of ketones is 1. The summed E-state index contributed by atoms with van der Waals surface area (Å²) >= 11 is 0. The van der Waals surface area contributed by atoms with Crippen molar-refractivity contribution in [2.75, 3.05) is 24.6 Å². The molecule has 1 aliphatic carbocycles. The highest BCUT2D eigenvalue weighted by Crippen LogP contribution is 2.45. The zero-order valence-corrected chi connectivity index (χ0v) is 18.3. The van der Waals surface area contributed by atoms with Crippen LogP contribution in [0, 0.1) is 5.41 Å². The molecule has 1 aromatic heterocycles. The molecule has 2 fully saturated rings. The Kier molecular flexibility index (Phi) is 5.98. The van der Waals surface area contributed by atoms with Gasteiger partial charge in [-0.15, -0.1) is 0 Å². The third kappa shape index (κ3) is 5.32. The SMILES string of the molecule is CC(=O)C[C@@H](C)c1ccc(O[C@@H]2CCN(c3ccnc(OCC4(C)CC4)c3)C2)cc1. The molecule has 0 spiro atoms. The van der Waals surface area contributed by atoms with Crippen LogP contribution < -0.4 is 14.4 Å². The maximum Gasteiger partial charge on any atom is 0.215 e. The lowest BCUT2D eigenvalue weighted by Crippen LogP contribution is -2.24. The van der Waals surface area contributed by atoms with E-state index in [4.69, 9.17) is 9.47 Å². The topological polar surface area (TPSA) is 51.7 Å². The average molecular weight is 409 g/mol. The van der Waals surface area contributed by atoms with Crippen molar-refractivity contribution in [2.45, 2.75) is 58.5 Å². The molecule has 30 heavy (non-hydrogen) atoms. The Bertz CT molecular complexity index is 876. The minimum absolute atomic E-state index is 0.161. The van der Waals surface area contributed by atoms with E-state index in [0.717, 1.165) is 37.6 Å². The quantitative estimate of drug-likeness (QED) is 0.584. The largest absolute Gasteiger partial charge is 0.489 e. The van der Waals surface area contributed by atoms with Gasteiger partial charge in [-0.05, 0) is 49.4 Å². The van der Waals surface area contributed by atoms with Gasteiger partial charge in [0.25, 0.3) is 0 Å². The Labute approximate surface area is 179 Å². The fourth-order valence-corrected chi connectivity index (χ4v) is 3.96. The van der Waals surface area contributed by atoms with Crippen molar-refractivity contribution in [3.05, 3.63) is 48.2 Å². The van der Waals surface area contributed by atoms with E-state index in [2.05, 4.69) is 35.9 Å². The van der Waals surface area contributed by atoms with Crippen LogP contribution in [0.3, 0.4) is 0 Å². The maximum absolute atomic E-state index is 11.3. The number of hydrogen-bond donors (Lipinski definition) is 0. The van der Waals surface area contributed by atoms with E-state index in [1.165, 1.54) is 18.4 Å². The number of Topliss-reactive ketones (excluding diaryl/α,β-unsaturated/α-hetero) is 1. The van der Waals surface area contributed by atoms with Gasteiger partial charge >= 0.3 is 0 Å². The van der Waals surface area contributed by atoms with Gasteiger partial charge in [-0.25, -0.2) is 4.98 Å². The second kappa shape index (κ2) is 8.66. The number of ether oxygens (including phenoxy) is 2. The van der Waals surface area contributed by atoms with Gasteiger partial charge in [0.2, 0.25) is 5.88 Å². The first-order chi connectivity index (χ1) is 14.4. The van der Waals surface area contributed by atoms with Crippen molar-refractivity contribution in [1.29, 1.82) is 0 Å². The first kappa shape index (κ1) is 20.7. The van der Waals surface area contributed by atoms with Crippen molar-refractivity contribution in [2.24, 2.45) is 5.41 Å². The van der Waals surface area contributed by atoms with Crippen LogP contribution >= 0.6 is 0 Å². The number of rotatable bonds is 9. The Hall–Kier alpha value is -2.56. The minimum atomic E-state index is 0.161. The number of aromatic nitrogens is 1. The fraction of sp³-hybridized carbons (Fsp3) is 0.520. The summed E-state index contributed by atoms with van der Waals surface area (Å²) < 4.78 is 12.1. The van der Waals surface area contributed by atoms with E-state index in [9.17, 15) is 4.79 Å². The summed E-state index contributed by atoms with van der Waals surface area (Å²) in [4.78, 5) is 18.0. The van der Waals surface area contributed by atoms with Crippen LogP contribution in [0.2, 0.25) is 0 Å². The molecule has 0 amide bonds. The number of carbonyl (C=O) groups is 1. The highest BCUT2D eigenvalue weighted by atomic mass is 16.5. The lowest BCUT2D eigenvalue weighted by Gasteiger charge is -2.20. The number of nitrogens with zero attached hydrogens (tertiary/aromatic N) is 2. The Morgan fingerprint density at radius 1 is 1.27 bits per heavy atom. The molecule has 2 atom stereocenters. The fourth-order valence-electron chi connectivity index (χ4n) is 3.96. The summed E-state index contributed by atoms with van der Waals surface area (Å²) in [6, 6.07) is 12.3. The van der Waals surface area contributed by atoms with Crippen LogP contribution in [-0.2, 0) is 4.79 Å². The minimum Gasteiger partial charge on any atom is -0.489 e. The molecule has 0 N–H and O–H groups in total. The van der Waals surface area contributed by atoms with Gasteiger partial charge in [0.1, 0.15) is 17.6 Å². The lowest BCUT2D eigenvalue weighted by atomic mass is 9.96. The van der Waals surface area contributed by atoms with Crippen LogP contribution in [-0.4, -0.2) is 36.6 Å². The van der Waals surface area contributed by atoms with Gasteiger partial charge in [-0.3, -0.25) is 0 Å². The first-order valence-corrected chi connectivity index (χ1v) is 11.0. The summed E-state index contributed by atoms with van der Waals surface area (Å²) in [7, 11) is 0. The third-order valence-electron chi connectivity index (χ3n) is 6.25. The van der Waals surface area contributed by atoms with Gasteiger partial charge in [0.05, 0.1) is 13.2 Å². The molecule has 5 nitrogen and oxygen atoms in total. The molecule has 5 heteroatoms. The molecule has 160 valence electrons. The zero-order valence-electron chi connectivity index (χ0n) is 18.3. The van der Waals surface area contributed by atoms with Gasteiger partial charge in [-0.2, -0.15) is 0 Å². The van der Waals surface area contributed by atoms with E-state index >= 15 is 0 Å². The monoisotopic (exact) mass is 408 g/mol. The molecule has 1 aromatic carbocycles. The predicted octanol–water partition coefficient (Wildman–Crippen LogP) is 5.00. The number of hydrogen-bond acceptors (Lipinski definition) is 5. The smallest absolute Gasteiger partial charge is 0.215 e. The number of benzene rings is 1. The molecule has 1 saturated carbocycles.